The first kappa shape index (κ1) is 13.8. The quantitative estimate of drug-likeness (QED) is 0.471. The third kappa shape index (κ3) is 3.02. The lowest BCUT2D eigenvalue weighted by atomic mass is 10.3. The van der Waals surface area contributed by atoms with Gasteiger partial charge in [-0.3, -0.25) is 10.1 Å². The van der Waals surface area contributed by atoms with Crippen molar-refractivity contribution in [2.24, 2.45) is 0 Å². The topological polar surface area (TPSA) is 65.3 Å². The normalized spacial score (nSPS) is 10.2. The Kier molecular flexibility index (Phi) is 4.34. The molecule has 0 aliphatic carbocycles. The number of ether oxygens (including phenoxy) is 1. The molecule has 0 aliphatic rings. The molecule has 1 heterocycles. The molecule has 0 aliphatic heterocycles. The number of pyridine rings is 1. The highest BCUT2D eigenvalue weighted by molar-refractivity contribution is 9.08. The molecule has 2 aromatic rings. The van der Waals surface area contributed by atoms with Gasteiger partial charge in [0.05, 0.1) is 9.95 Å². The molecule has 98 valence electrons. The molecule has 0 bridgehead atoms. The van der Waals surface area contributed by atoms with Gasteiger partial charge in [0, 0.05) is 23.2 Å². The monoisotopic (exact) mass is 342 g/mol. The van der Waals surface area contributed by atoms with Crippen LogP contribution in [0, 0.1) is 10.1 Å². The molecule has 5 nitrogen and oxygen atoms in total. The van der Waals surface area contributed by atoms with Crippen molar-refractivity contribution in [3.8, 4) is 11.6 Å². The number of nitro groups is 1. The minimum Gasteiger partial charge on any atom is -0.430 e. The number of alkyl halides is 1. The predicted molar refractivity (Wildman–Crippen MR) is 75.0 cm³/mol. The van der Waals surface area contributed by atoms with Gasteiger partial charge in [-0.1, -0.05) is 39.7 Å². The lowest BCUT2D eigenvalue weighted by Crippen LogP contribution is -1.97. The second-order valence-corrected chi connectivity index (χ2v) is 4.52. The highest BCUT2D eigenvalue weighted by atomic mass is 79.9. The van der Waals surface area contributed by atoms with E-state index in [-0.39, 0.29) is 22.3 Å². The van der Waals surface area contributed by atoms with Crippen LogP contribution in [0.5, 0.6) is 11.6 Å². The average molecular weight is 344 g/mol. The van der Waals surface area contributed by atoms with Gasteiger partial charge in [-0.2, -0.15) is 0 Å². The summed E-state index contributed by atoms with van der Waals surface area (Å²) in [5.41, 5.74) is 0.579. The molecule has 0 saturated carbocycles. The second-order valence-electron chi connectivity index (χ2n) is 3.55. The first-order chi connectivity index (χ1) is 9.13. The summed E-state index contributed by atoms with van der Waals surface area (Å²) in [5.74, 6) is 0.283. The summed E-state index contributed by atoms with van der Waals surface area (Å²) in [6.45, 7) is 0. The summed E-state index contributed by atoms with van der Waals surface area (Å²) >= 11 is 9.25. The molecule has 0 saturated heterocycles. The molecule has 7 heteroatoms. The maximum atomic E-state index is 11.0. The molecular formula is C12H8BrClN2O3. The van der Waals surface area contributed by atoms with Gasteiger partial charge >= 0.3 is 5.69 Å². The number of rotatable bonds is 4. The number of hydrogen-bond donors (Lipinski definition) is 0. The van der Waals surface area contributed by atoms with Gasteiger partial charge in [-0.05, 0) is 12.1 Å². The Morgan fingerprint density at radius 1 is 1.37 bits per heavy atom. The average Bonchev–Trinajstić information content (AvgIpc) is 2.41. The molecule has 0 spiro atoms. The van der Waals surface area contributed by atoms with Crippen LogP contribution in [0.25, 0.3) is 0 Å². The molecule has 0 fully saturated rings. The van der Waals surface area contributed by atoms with E-state index < -0.39 is 4.92 Å². The standard InChI is InChI=1S/C12H8BrClN2O3/c13-7-8-3-2-6-15-12(8)19-11-9(14)4-1-5-10(11)16(17)18/h1-6H,7H2. The van der Waals surface area contributed by atoms with E-state index in [4.69, 9.17) is 16.3 Å². The molecular weight excluding hydrogens is 335 g/mol. The number of nitro benzene ring substituents is 1. The lowest BCUT2D eigenvalue weighted by Gasteiger charge is -2.09. The molecule has 0 unspecified atom stereocenters. The van der Waals surface area contributed by atoms with Gasteiger partial charge in [0.25, 0.3) is 0 Å². The van der Waals surface area contributed by atoms with E-state index in [1.54, 1.807) is 18.3 Å². The molecule has 0 N–H and O–H groups in total. The van der Waals surface area contributed by atoms with Crippen LogP contribution < -0.4 is 4.74 Å². The van der Waals surface area contributed by atoms with Crippen molar-refractivity contribution >= 4 is 33.2 Å². The Balaban J connectivity index is 2.46. The Morgan fingerprint density at radius 2 is 2.16 bits per heavy atom. The third-order valence-electron chi connectivity index (χ3n) is 2.34. The molecule has 1 aromatic carbocycles. The zero-order chi connectivity index (χ0) is 13.8. The number of benzene rings is 1. The molecule has 1 aromatic heterocycles. The van der Waals surface area contributed by atoms with Crippen LogP contribution in [0.2, 0.25) is 5.02 Å². The lowest BCUT2D eigenvalue weighted by molar-refractivity contribution is -0.385. The molecule has 2 rings (SSSR count). The summed E-state index contributed by atoms with van der Waals surface area (Å²) < 4.78 is 5.51. The fourth-order valence-electron chi connectivity index (χ4n) is 1.46. The Morgan fingerprint density at radius 3 is 2.84 bits per heavy atom. The Bertz CT molecular complexity index is 622. The number of aromatic nitrogens is 1. The highest BCUT2D eigenvalue weighted by Crippen LogP contribution is 2.38. The fraction of sp³-hybridized carbons (Fsp3) is 0.0833. The van der Waals surface area contributed by atoms with Crippen molar-refractivity contribution in [3.63, 3.8) is 0 Å². The SMILES string of the molecule is O=[N+]([O-])c1cccc(Cl)c1Oc1ncccc1CBr. The van der Waals surface area contributed by atoms with E-state index >= 15 is 0 Å². The van der Waals surface area contributed by atoms with Crippen LogP contribution in [-0.2, 0) is 5.33 Å². The molecule has 19 heavy (non-hydrogen) atoms. The number of nitrogens with zero attached hydrogens (tertiary/aromatic N) is 2. The highest BCUT2D eigenvalue weighted by Gasteiger charge is 2.20. The van der Waals surface area contributed by atoms with E-state index in [9.17, 15) is 10.1 Å². The second kappa shape index (κ2) is 5.99. The third-order valence-corrected chi connectivity index (χ3v) is 3.24. The maximum Gasteiger partial charge on any atom is 0.313 e. The van der Waals surface area contributed by atoms with Gasteiger partial charge < -0.3 is 4.74 Å². The summed E-state index contributed by atoms with van der Waals surface area (Å²) in [6, 6.07) is 7.92. The Labute approximate surface area is 122 Å². The van der Waals surface area contributed by atoms with E-state index in [2.05, 4.69) is 20.9 Å². The van der Waals surface area contributed by atoms with E-state index in [0.717, 1.165) is 5.56 Å². The molecule has 0 atom stereocenters. The first-order valence-corrected chi connectivity index (χ1v) is 6.74. The number of hydrogen-bond acceptors (Lipinski definition) is 4. The van der Waals surface area contributed by atoms with Gasteiger partial charge in [-0.15, -0.1) is 0 Å². The van der Waals surface area contributed by atoms with Crippen molar-refractivity contribution in [2.45, 2.75) is 5.33 Å². The van der Waals surface area contributed by atoms with E-state index in [1.165, 1.54) is 18.2 Å². The van der Waals surface area contributed by atoms with Crippen LogP contribution >= 0.6 is 27.5 Å². The van der Waals surface area contributed by atoms with Gasteiger partial charge in [-0.25, -0.2) is 4.98 Å². The van der Waals surface area contributed by atoms with Crippen LogP contribution in [0.3, 0.4) is 0 Å². The van der Waals surface area contributed by atoms with Crippen LogP contribution in [0.4, 0.5) is 5.69 Å². The maximum absolute atomic E-state index is 11.0. The largest absolute Gasteiger partial charge is 0.430 e. The van der Waals surface area contributed by atoms with Crippen LogP contribution in [-0.4, -0.2) is 9.91 Å². The van der Waals surface area contributed by atoms with E-state index in [1.807, 2.05) is 0 Å². The minimum absolute atomic E-state index is 0.00457. The number of para-hydroxylation sites is 1. The minimum atomic E-state index is -0.544. The first-order valence-electron chi connectivity index (χ1n) is 5.24. The zero-order valence-corrected chi connectivity index (χ0v) is 11.9. The van der Waals surface area contributed by atoms with Crippen molar-refractivity contribution < 1.29 is 9.66 Å². The van der Waals surface area contributed by atoms with E-state index in [0.29, 0.717) is 5.33 Å². The van der Waals surface area contributed by atoms with Crippen LogP contribution in [0.15, 0.2) is 36.5 Å². The molecule has 0 radical (unpaired) electrons. The van der Waals surface area contributed by atoms with Gasteiger partial charge in [0.2, 0.25) is 11.6 Å². The fourth-order valence-corrected chi connectivity index (χ4v) is 2.09. The Hall–Kier alpha value is -1.66. The molecule has 0 amide bonds. The van der Waals surface area contributed by atoms with Crippen LogP contribution in [0.1, 0.15) is 5.56 Å². The van der Waals surface area contributed by atoms with Crippen molar-refractivity contribution in [2.75, 3.05) is 0 Å². The number of halogens is 2. The summed E-state index contributed by atoms with van der Waals surface area (Å²) in [5, 5.41) is 11.6. The summed E-state index contributed by atoms with van der Waals surface area (Å²) in [7, 11) is 0. The zero-order valence-electron chi connectivity index (χ0n) is 9.55. The predicted octanol–water partition coefficient (Wildman–Crippen LogP) is 4.33. The van der Waals surface area contributed by atoms with Gasteiger partial charge in [0.15, 0.2) is 0 Å². The van der Waals surface area contributed by atoms with Crippen molar-refractivity contribution in [1.29, 1.82) is 0 Å². The van der Waals surface area contributed by atoms with Crippen molar-refractivity contribution in [3.05, 3.63) is 57.2 Å². The smallest absolute Gasteiger partial charge is 0.313 e. The summed E-state index contributed by atoms with van der Waals surface area (Å²) in [4.78, 5) is 14.5. The summed E-state index contributed by atoms with van der Waals surface area (Å²) in [6.07, 6.45) is 1.55. The van der Waals surface area contributed by atoms with Crippen molar-refractivity contribution in [1.82, 2.24) is 4.98 Å². The van der Waals surface area contributed by atoms with Gasteiger partial charge in [0.1, 0.15) is 0 Å².